The maximum atomic E-state index is 12.0. The average molecular weight is 358 g/mol. The van der Waals surface area contributed by atoms with E-state index in [-0.39, 0.29) is 18.0 Å². The van der Waals surface area contributed by atoms with E-state index in [0.717, 1.165) is 0 Å². The highest BCUT2D eigenvalue weighted by atomic mass is 16.6. The van der Waals surface area contributed by atoms with Crippen LogP contribution in [-0.4, -0.2) is 32.6 Å². The second-order valence-electron chi connectivity index (χ2n) is 5.50. The molecule has 0 aliphatic carbocycles. The van der Waals surface area contributed by atoms with Crippen molar-refractivity contribution < 1.29 is 28.5 Å². The molecule has 0 heterocycles. The minimum Gasteiger partial charge on any atom is -0.493 e. The van der Waals surface area contributed by atoms with E-state index in [4.69, 9.17) is 18.9 Å². The lowest BCUT2D eigenvalue weighted by atomic mass is 10.1. The van der Waals surface area contributed by atoms with Crippen LogP contribution in [-0.2, 0) is 4.79 Å². The Bertz CT molecular complexity index is 769. The molecule has 6 heteroatoms. The summed E-state index contributed by atoms with van der Waals surface area (Å²) in [6.45, 7) is 1.82. The van der Waals surface area contributed by atoms with Crippen LogP contribution in [0, 0.1) is 0 Å². The van der Waals surface area contributed by atoms with Crippen molar-refractivity contribution in [2.45, 2.75) is 19.8 Å². The predicted molar refractivity (Wildman–Crippen MR) is 96.4 cm³/mol. The minimum atomic E-state index is -0.400. The number of ketones is 1. The smallest absolute Gasteiger partial charge is 0.311 e. The van der Waals surface area contributed by atoms with Gasteiger partial charge in [0.2, 0.25) is 0 Å². The highest BCUT2D eigenvalue weighted by Gasteiger charge is 2.12. The summed E-state index contributed by atoms with van der Waals surface area (Å²) in [7, 11) is 3.03. The van der Waals surface area contributed by atoms with Gasteiger partial charge in [-0.05, 0) is 43.7 Å². The Balaban J connectivity index is 1.84. The third-order valence-corrected chi connectivity index (χ3v) is 3.65. The first kappa shape index (κ1) is 19.3. The number of benzene rings is 2. The van der Waals surface area contributed by atoms with Gasteiger partial charge in [-0.15, -0.1) is 0 Å². The quantitative estimate of drug-likeness (QED) is 0.295. The predicted octanol–water partition coefficient (Wildman–Crippen LogP) is 3.67. The largest absolute Gasteiger partial charge is 0.493 e. The van der Waals surface area contributed by atoms with E-state index < -0.39 is 5.97 Å². The summed E-state index contributed by atoms with van der Waals surface area (Å²) in [5, 5.41) is 0. The zero-order chi connectivity index (χ0) is 18.9. The Hall–Kier alpha value is -3.02. The van der Waals surface area contributed by atoms with E-state index in [1.807, 2.05) is 12.1 Å². The summed E-state index contributed by atoms with van der Waals surface area (Å²) in [4.78, 5) is 23.4. The SMILES string of the molecule is COc1ccccc1OCCCC(=O)Oc1ccc(C(C)=O)cc1OC. The molecule has 0 N–H and O–H groups in total. The molecule has 0 fully saturated rings. The molecule has 0 aliphatic rings. The molecule has 0 spiro atoms. The number of methoxy groups -OCH3 is 2. The van der Waals surface area contributed by atoms with Gasteiger partial charge in [0, 0.05) is 12.0 Å². The van der Waals surface area contributed by atoms with Crippen LogP contribution in [0.2, 0.25) is 0 Å². The Kier molecular flexibility index (Phi) is 7.02. The number of hydrogen-bond acceptors (Lipinski definition) is 6. The van der Waals surface area contributed by atoms with Crippen LogP contribution in [0.1, 0.15) is 30.1 Å². The molecule has 0 radical (unpaired) electrons. The van der Waals surface area contributed by atoms with E-state index in [2.05, 4.69) is 0 Å². The van der Waals surface area contributed by atoms with Crippen LogP contribution in [0.25, 0.3) is 0 Å². The fourth-order valence-electron chi connectivity index (χ4n) is 2.28. The first-order valence-corrected chi connectivity index (χ1v) is 8.20. The molecule has 0 atom stereocenters. The van der Waals surface area contributed by atoms with Gasteiger partial charge in [-0.2, -0.15) is 0 Å². The number of carbonyl (C=O) groups is 2. The van der Waals surface area contributed by atoms with E-state index in [1.54, 1.807) is 37.4 Å². The molecule has 0 unspecified atom stereocenters. The van der Waals surface area contributed by atoms with Crippen molar-refractivity contribution >= 4 is 11.8 Å². The van der Waals surface area contributed by atoms with Gasteiger partial charge in [-0.3, -0.25) is 9.59 Å². The Morgan fingerprint density at radius 1 is 0.885 bits per heavy atom. The van der Waals surface area contributed by atoms with E-state index in [9.17, 15) is 9.59 Å². The Morgan fingerprint density at radius 3 is 2.23 bits per heavy atom. The van der Waals surface area contributed by atoms with Crippen LogP contribution in [0.15, 0.2) is 42.5 Å². The van der Waals surface area contributed by atoms with Gasteiger partial charge in [0.1, 0.15) is 0 Å². The summed E-state index contributed by atoms with van der Waals surface area (Å²) in [6, 6.07) is 12.0. The monoisotopic (exact) mass is 358 g/mol. The molecule has 0 saturated carbocycles. The standard InChI is InChI=1S/C20H22O6/c1-14(21)15-10-11-18(19(13-15)24-3)26-20(22)9-6-12-25-17-8-5-4-7-16(17)23-2/h4-5,7-8,10-11,13H,6,9,12H2,1-3H3. The van der Waals surface area contributed by atoms with Crippen molar-refractivity contribution in [3.05, 3.63) is 48.0 Å². The first-order chi connectivity index (χ1) is 12.5. The number of rotatable bonds is 9. The van der Waals surface area contributed by atoms with Crippen molar-refractivity contribution in [1.29, 1.82) is 0 Å². The van der Waals surface area contributed by atoms with Gasteiger partial charge >= 0.3 is 5.97 Å². The summed E-state index contributed by atoms with van der Waals surface area (Å²) in [6.07, 6.45) is 0.678. The summed E-state index contributed by atoms with van der Waals surface area (Å²) >= 11 is 0. The number of para-hydroxylation sites is 2. The lowest BCUT2D eigenvalue weighted by Crippen LogP contribution is -2.11. The maximum Gasteiger partial charge on any atom is 0.311 e. The summed E-state index contributed by atoms with van der Waals surface area (Å²) < 4.78 is 21.3. The minimum absolute atomic E-state index is 0.0883. The van der Waals surface area contributed by atoms with Crippen molar-refractivity contribution in [2.24, 2.45) is 0 Å². The molecule has 0 amide bonds. The number of carbonyl (C=O) groups excluding carboxylic acids is 2. The van der Waals surface area contributed by atoms with E-state index in [1.165, 1.54) is 14.0 Å². The third kappa shape index (κ3) is 5.24. The molecule has 26 heavy (non-hydrogen) atoms. The molecule has 0 bridgehead atoms. The topological polar surface area (TPSA) is 71.1 Å². The maximum absolute atomic E-state index is 12.0. The summed E-state index contributed by atoms with van der Waals surface area (Å²) in [5.41, 5.74) is 0.492. The van der Waals surface area contributed by atoms with Crippen LogP contribution in [0.3, 0.4) is 0 Å². The zero-order valence-corrected chi connectivity index (χ0v) is 15.1. The molecule has 0 saturated heterocycles. The molecule has 2 aromatic carbocycles. The highest BCUT2D eigenvalue weighted by molar-refractivity contribution is 5.94. The first-order valence-electron chi connectivity index (χ1n) is 8.20. The molecular formula is C20H22O6. The summed E-state index contributed by atoms with van der Waals surface area (Å²) in [5.74, 6) is 1.41. The third-order valence-electron chi connectivity index (χ3n) is 3.65. The van der Waals surface area contributed by atoms with Crippen molar-refractivity contribution in [3.8, 4) is 23.0 Å². The molecular weight excluding hydrogens is 336 g/mol. The molecule has 6 nitrogen and oxygen atoms in total. The molecule has 0 aliphatic heterocycles. The second kappa shape index (κ2) is 9.46. The fraction of sp³-hybridized carbons (Fsp3) is 0.300. The van der Waals surface area contributed by atoms with Gasteiger partial charge in [0.05, 0.1) is 20.8 Å². The number of ether oxygens (including phenoxy) is 4. The number of Topliss-reactive ketones (excluding diaryl/α,β-unsaturated/α-hetero) is 1. The van der Waals surface area contributed by atoms with Crippen LogP contribution in [0.5, 0.6) is 23.0 Å². The Labute approximate surface area is 152 Å². The molecule has 2 aromatic rings. The van der Waals surface area contributed by atoms with E-state index in [0.29, 0.717) is 35.8 Å². The average Bonchev–Trinajstić information content (AvgIpc) is 2.65. The van der Waals surface area contributed by atoms with Gasteiger partial charge in [-0.1, -0.05) is 12.1 Å². The fourth-order valence-corrected chi connectivity index (χ4v) is 2.28. The van der Waals surface area contributed by atoms with Crippen LogP contribution < -0.4 is 18.9 Å². The number of esters is 1. The zero-order valence-electron chi connectivity index (χ0n) is 15.1. The van der Waals surface area contributed by atoms with Gasteiger partial charge < -0.3 is 18.9 Å². The normalized spacial score (nSPS) is 10.1. The van der Waals surface area contributed by atoms with Gasteiger partial charge in [0.25, 0.3) is 0 Å². The lowest BCUT2D eigenvalue weighted by molar-refractivity contribution is -0.134. The van der Waals surface area contributed by atoms with Gasteiger partial charge in [0.15, 0.2) is 28.8 Å². The van der Waals surface area contributed by atoms with Crippen molar-refractivity contribution in [1.82, 2.24) is 0 Å². The second-order valence-corrected chi connectivity index (χ2v) is 5.50. The van der Waals surface area contributed by atoms with Gasteiger partial charge in [-0.25, -0.2) is 0 Å². The van der Waals surface area contributed by atoms with Crippen LogP contribution in [0.4, 0.5) is 0 Å². The highest BCUT2D eigenvalue weighted by Crippen LogP contribution is 2.29. The van der Waals surface area contributed by atoms with Crippen LogP contribution >= 0.6 is 0 Å². The van der Waals surface area contributed by atoms with E-state index >= 15 is 0 Å². The number of hydrogen-bond donors (Lipinski definition) is 0. The van der Waals surface area contributed by atoms with Crippen molar-refractivity contribution in [2.75, 3.05) is 20.8 Å². The lowest BCUT2D eigenvalue weighted by Gasteiger charge is -2.11. The molecule has 0 aromatic heterocycles. The Morgan fingerprint density at radius 2 is 1.58 bits per heavy atom. The van der Waals surface area contributed by atoms with Crippen molar-refractivity contribution in [3.63, 3.8) is 0 Å². The molecule has 138 valence electrons. The molecule has 2 rings (SSSR count).